The normalized spacial score (nSPS) is 12.5. The highest BCUT2D eigenvalue weighted by Gasteiger charge is 2.12. The number of rotatable bonds is 3. The van der Waals surface area contributed by atoms with Crippen LogP contribution in [0, 0.1) is 19.7 Å². The van der Waals surface area contributed by atoms with Crippen molar-refractivity contribution in [3.63, 3.8) is 0 Å². The van der Waals surface area contributed by atoms with Gasteiger partial charge < -0.3 is 5.32 Å². The van der Waals surface area contributed by atoms with E-state index in [0.717, 1.165) is 11.3 Å². The van der Waals surface area contributed by atoms with Gasteiger partial charge in [0.1, 0.15) is 5.82 Å². The van der Waals surface area contributed by atoms with Gasteiger partial charge in [-0.15, -0.1) is 11.3 Å². The number of nitrogens with one attached hydrogen (secondary N) is 1. The molecule has 0 spiro atoms. The van der Waals surface area contributed by atoms with E-state index < -0.39 is 0 Å². The minimum absolute atomic E-state index is 0.223. The van der Waals surface area contributed by atoms with Crippen molar-refractivity contribution in [1.29, 1.82) is 0 Å². The van der Waals surface area contributed by atoms with Gasteiger partial charge >= 0.3 is 0 Å². The zero-order valence-electron chi connectivity index (χ0n) is 10.6. The zero-order valence-corrected chi connectivity index (χ0v) is 13.0. The Morgan fingerprint density at radius 2 is 2.00 bits per heavy atom. The van der Waals surface area contributed by atoms with Crippen LogP contribution in [0.15, 0.2) is 28.1 Å². The summed E-state index contributed by atoms with van der Waals surface area (Å²) in [5, 5.41) is 5.53. The van der Waals surface area contributed by atoms with E-state index in [-0.39, 0.29) is 11.9 Å². The average molecular weight is 328 g/mol. The maximum absolute atomic E-state index is 13.4. The Bertz CT molecular complexity index is 565. The lowest BCUT2D eigenvalue weighted by Gasteiger charge is -2.17. The van der Waals surface area contributed by atoms with Crippen LogP contribution >= 0.6 is 27.3 Å². The molecule has 0 aliphatic heterocycles. The molecule has 1 aromatic carbocycles. The lowest BCUT2D eigenvalue weighted by Crippen LogP contribution is -2.07. The van der Waals surface area contributed by atoms with E-state index in [4.69, 9.17) is 0 Å². The first kappa shape index (κ1) is 13.6. The molecule has 0 radical (unpaired) electrons. The molecular weight excluding hydrogens is 313 g/mol. The Hall–Kier alpha value is -0.870. The third-order valence-electron chi connectivity index (χ3n) is 2.93. The molecule has 0 fully saturated rings. The second-order valence-corrected chi connectivity index (χ2v) is 6.22. The van der Waals surface area contributed by atoms with Gasteiger partial charge in [-0.1, -0.05) is 0 Å². The van der Waals surface area contributed by atoms with Gasteiger partial charge in [-0.3, -0.25) is 0 Å². The van der Waals surface area contributed by atoms with Crippen LogP contribution in [0.4, 0.5) is 10.1 Å². The fraction of sp³-hybridized carbons (Fsp3) is 0.286. The second-order valence-electron chi connectivity index (χ2n) is 4.42. The number of hydrogen-bond donors (Lipinski definition) is 1. The minimum Gasteiger partial charge on any atom is -0.377 e. The van der Waals surface area contributed by atoms with Crippen LogP contribution in [0.5, 0.6) is 0 Å². The van der Waals surface area contributed by atoms with E-state index in [1.165, 1.54) is 10.4 Å². The Balaban J connectivity index is 2.24. The number of thiophene rings is 1. The first-order chi connectivity index (χ1) is 8.49. The topological polar surface area (TPSA) is 12.0 Å². The first-order valence-electron chi connectivity index (χ1n) is 5.75. The summed E-state index contributed by atoms with van der Waals surface area (Å²) >= 11 is 4.96. The molecular formula is C14H15BrFNS. The van der Waals surface area contributed by atoms with Gasteiger partial charge in [0.2, 0.25) is 0 Å². The van der Waals surface area contributed by atoms with Crippen molar-refractivity contribution in [1.82, 2.24) is 0 Å². The maximum atomic E-state index is 13.4. The van der Waals surface area contributed by atoms with Crippen molar-refractivity contribution in [2.24, 2.45) is 0 Å². The molecule has 0 saturated heterocycles. The van der Waals surface area contributed by atoms with Crippen molar-refractivity contribution in [3.05, 3.63) is 49.9 Å². The van der Waals surface area contributed by atoms with Gasteiger partial charge in [0.15, 0.2) is 0 Å². The minimum atomic E-state index is -0.224. The van der Waals surface area contributed by atoms with Crippen LogP contribution in [0.25, 0.3) is 0 Å². The summed E-state index contributed by atoms with van der Waals surface area (Å²) in [4.78, 5) is 1.31. The first-order valence-corrected chi connectivity index (χ1v) is 7.42. The predicted octanol–water partition coefficient (Wildman–Crippen LogP) is 5.44. The monoisotopic (exact) mass is 327 g/mol. The largest absolute Gasteiger partial charge is 0.377 e. The fourth-order valence-electron chi connectivity index (χ4n) is 1.93. The molecule has 18 heavy (non-hydrogen) atoms. The highest BCUT2D eigenvalue weighted by molar-refractivity contribution is 9.10. The van der Waals surface area contributed by atoms with Crippen LogP contribution in [-0.2, 0) is 0 Å². The molecule has 1 aromatic heterocycles. The standard InChI is InChI=1S/C14H15BrFNS/c1-8-4-5-18-14(8)10(3)17-13-7-11(15)12(16)6-9(13)2/h4-7,10,17H,1-3H3. The van der Waals surface area contributed by atoms with Crippen LogP contribution < -0.4 is 5.32 Å². The molecule has 0 amide bonds. The van der Waals surface area contributed by atoms with Gasteiger partial charge in [-0.25, -0.2) is 4.39 Å². The van der Waals surface area contributed by atoms with Gasteiger partial charge in [0.25, 0.3) is 0 Å². The van der Waals surface area contributed by atoms with Crippen LogP contribution in [0.3, 0.4) is 0 Å². The van der Waals surface area contributed by atoms with Gasteiger partial charge in [0.05, 0.1) is 10.5 Å². The highest BCUT2D eigenvalue weighted by atomic mass is 79.9. The lowest BCUT2D eigenvalue weighted by atomic mass is 10.1. The molecule has 2 aromatic rings. The van der Waals surface area contributed by atoms with Crippen molar-refractivity contribution in [2.45, 2.75) is 26.8 Å². The molecule has 1 atom stereocenters. The van der Waals surface area contributed by atoms with Crippen molar-refractivity contribution in [3.8, 4) is 0 Å². The van der Waals surface area contributed by atoms with Crippen molar-refractivity contribution < 1.29 is 4.39 Å². The number of anilines is 1. The Morgan fingerprint density at radius 1 is 1.28 bits per heavy atom. The number of aryl methyl sites for hydroxylation is 2. The van der Waals surface area contributed by atoms with Crippen molar-refractivity contribution in [2.75, 3.05) is 5.32 Å². The molecule has 1 heterocycles. The van der Waals surface area contributed by atoms with E-state index >= 15 is 0 Å². The lowest BCUT2D eigenvalue weighted by molar-refractivity contribution is 0.620. The predicted molar refractivity (Wildman–Crippen MR) is 79.9 cm³/mol. The summed E-state index contributed by atoms with van der Waals surface area (Å²) < 4.78 is 13.9. The van der Waals surface area contributed by atoms with Crippen LogP contribution in [0.1, 0.15) is 29.0 Å². The van der Waals surface area contributed by atoms with Gasteiger partial charge in [-0.2, -0.15) is 0 Å². The van der Waals surface area contributed by atoms with E-state index in [2.05, 4.69) is 46.5 Å². The molecule has 0 saturated carbocycles. The third kappa shape index (κ3) is 2.75. The summed E-state index contributed by atoms with van der Waals surface area (Å²) in [6.45, 7) is 6.14. The van der Waals surface area contributed by atoms with E-state index in [1.54, 1.807) is 23.5 Å². The average Bonchev–Trinajstić information content (AvgIpc) is 2.72. The Kier molecular flexibility index (Phi) is 4.07. The van der Waals surface area contributed by atoms with Gasteiger partial charge in [-0.05, 0) is 71.4 Å². The van der Waals surface area contributed by atoms with E-state index in [1.807, 2.05) is 6.92 Å². The Morgan fingerprint density at radius 3 is 2.61 bits per heavy atom. The summed E-state index contributed by atoms with van der Waals surface area (Å²) in [5.74, 6) is -0.224. The van der Waals surface area contributed by atoms with Crippen molar-refractivity contribution >= 4 is 33.0 Å². The number of hydrogen-bond acceptors (Lipinski definition) is 2. The molecule has 0 bridgehead atoms. The SMILES string of the molecule is Cc1cc(F)c(Br)cc1NC(C)c1sccc1C. The summed E-state index contributed by atoms with van der Waals surface area (Å²) in [5.41, 5.74) is 3.17. The number of halogens is 2. The Labute approximate surface area is 119 Å². The van der Waals surface area contributed by atoms with E-state index in [0.29, 0.717) is 4.47 Å². The van der Waals surface area contributed by atoms with Crippen LogP contribution in [-0.4, -0.2) is 0 Å². The molecule has 2 rings (SSSR count). The molecule has 1 N–H and O–H groups in total. The molecule has 96 valence electrons. The summed E-state index contributed by atoms with van der Waals surface area (Å²) in [7, 11) is 0. The third-order valence-corrected chi connectivity index (χ3v) is 4.74. The fourth-order valence-corrected chi connectivity index (χ4v) is 3.21. The van der Waals surface area contributed by atoms with E-state index in [9.17, 15) is 4.39 Å². The highest BCUT2D eigenvalue weighted by Crippen LogP contribution is 2.30. The van der Waals surface area contributed by atoms with Gasteiger partial charge in [0, 0.05) is 10.6 Å². The molecule has 4 heteroatoms. The quantitative estimate of drug-likeness (QED) is 0.791. The summed E-state index contributed by atoms with van der Waals surface area (Å²) in [6.07, 6.45) is 0. The van der Waals surface area contributed by atoms with Crippen LogP contribution in [0.2, 0.25) is 0 Å². The molecule has 0 aliphatic carbocycles. The zero-order chi connectivity index (χ0) is 13.3. The number of benzene rings is 1. The summed E-state index contributed by atoms with van der Waals surface area (Å²) in [6, 6.07) is 5.68. The smallest absolute Gasteiger partial charge is 0.137 e. The second kappa shape index (κ2) is 5.41. The molecule has 1 nitrogen and oxygen atoms in total. The maximum Gasteiger partial charge on any atom is 0.137 e. The molecule has 1 unspecified atom stereocenters. The molecule has 0 aliphatic rings.